The van der Waals surface area contributed by atoms with E-state index < -0.39 is 15.9 Å². The number of carbonyl (C=O) groups excluding carboxylic acids is 2. The smallest absolute Gasteiger partial charge is 0.239 e. The molecule has 0 unspecified atom stereocenters. The molecule has 0 aliphatic heterocycles. The van der Waals surface area contributed by atoms with Gasteiger partial charge in [0.2, 0.25) is 21.8 Å². The van der Waals surface area contributed by atoms with Crippen molar-refractivity contribution in [3.05, 3.63) is 24.3 Å². The van der Waals surface area contributed by atoms with Gasteiger partial charge in [-0.2, -0.15) is 4.31 Å². The number of rotatable bonds is 8. The van der Waals surface area contributed by atoms with E-state index in [4.69, 9.17) is 0 Å². The summed E-state index contributed by atoms with van der Waals surface area (Å²) >= 11 is 0. The van der Waals surface area contributed by atoms with Crippen LogP contribution in [0.15, 0.2) is 24.3 Å². The molecule has 0 heterocycles. The van der Waals surface area contributed by atoms with Gasteiger partial charge in [0.15, 0.2) is 0 Å². The molecule has 0 fully saturated rings. The van der Waals surface area contributed by atoms with E-state index in [9.17, 15) is 18.0 Å². The molecular formula is C16H25N3O4S. The van der Waals surface area contributed by atoms with E-state index in [1.165, 1.54) is 11.2 Å². The van der Waals surface area contributed by atoms with Gasteiger partial charge in [0.1, 0.15) is 0 Å². The van der Waals surface area contributed by atoms with E-state index in [1.807, 2.05) is 13.8 Å². The third kappa shape index (κ3) is 7.56. The minimum Gasteiger partial charge on any atom is -0.326 e. The van der Waals surface area contributed by atoms with Gasteiger partial charge in [-0.25, -0.2) is 8.42 Å². The van der Waals surface area contributed by atoms with Crippen molar-refractivity contribution >= 4 is 33.2 Å². The summed E-state index contributed by atoms with van der Waals surface area (Å²) in [6.45, 7) is 5.49. The Morgan fingerprint density at radius 2 is 1.58 bits per heavy atom. The van der Waals surface area contributed by atoms with Gasteiger partial charge in [-0.3, -0.25) is 9.59 Å². The van der Waals surface area contributed by atoms with Crippen LogP contribution in [0.1, 0.15) is 27.2 Å². The molecule has 8 heteroatoms. The van der Waals surface area contributed by atoms with Crippen molar-refractivity contribution in [1.82, 2.24) is 4.31 Å². The highest BCUT2D eigenvalue weighted by Crippen LogP contribution is 2.14. The second-order valence-corrected chi connectivity index (χ2v) is 8.07. The van der Waals surface area contributed by atoms with Gasteiger partial charge < -0.3 is 10.6 Å². The van der Waals surface area contributed by atoms with Gasteiger partial charge in [-0.15, -0.1) is 0 Å². The number of nitrogens with zero attached hydrogens (tertiary/aromatic N) is 1. The summed E-state index contributed by atoms with van der Waals surface area (Å²) in [5, 5.41) is 5.28. The zero-order valence-electron chi connectivity index (χ0n) is 14.5. The Hall–Kier alpha value is -1.93. The molecule has 1 aromatic rings. The van der Waals surface area contributed by atoms with Crippen LogP contribution in [0.25, 0.3) is 0 Å². The average Bonchev–Trinajstić information content (AvgIpc) is 2.43. The van der Waals surface area contributed by atoms with Crippen molar-refractivity contribution in [2.24, 2.45) is 5.92 Å². The van der Waals surface area contributed by atoms with Crippen LogP contribution < -0.4 is 10.6 Å². The van der Waals surface area contributed by atoms with Crippen molar-refractivity contribution in [3.8, 4) is 0 Å². The van der Waals surface area contributed by atoms with Gasteiger partial charge >= 0.3 is 0 Å². The zero-order chi connectivity index (χ0) is 18.3. The number of hydrogen-bond acceptors (Lipinski definition) is 4. The standard InChI is InChI=1S/C16H25N3O4S/c1-12(2)9-10-19(24(4,22)23)11-16(21)18-15-7-5-14(6-8-15)17-13(3)20/h5-8,12H,9-11H2,1-4H3,(H,17,20)(H,18,21). The van der Waals surface area contributed by atoms with E-state index in [1.54, 1.807) is 24.3 Å². The van der Waals surface area contributed by atoms with Gasteiger partial charge in [-0.1, -0.05) is 13.8 Å². The highest BCUT2D eigenvalue weighted by Gasteiger charge is 2.20. The van der Waals surface area contributed by atoms with Crippen molar-refractivity contribution in [2.75, 3.05) is 30.0 Å². The molecule has 24 heavy (non-hydrogen) atoms. The third-order valence-electron chi connectivity index (χ3n) is 3.23. The monoisotopic (exact) mass is 355 g/mol. The molecule has 1 aromatic carbocycles. The first-order valence-corrected chi connectivity index (χ1v) is 9.55. The fourth-order valence-corrected chi connectivity index (χ4v) is 2.75. The third-order valence-corrected chi connectivity index (χ3v) is 4.48. The number of nitrogens with one attached hydrogen (secondary N) is 2. The second-order valence-electron chi connectivity index (χ2n) is 6.09. The largest absolute Gasteiger partial charge is 0.326 e. The number of sulfonamides is 1. The van der Waals surface area contributed by atoms with Gasteiger partial charge in [0.25, 0.3) is 0 Å². The molecule has 7 nitrogen and oxygen atoms in total. The first-order valence-electron chi connectivity index (χ1n) is 7.70. The summed E-state index contributed by atoms with van der Waals surface area (Å²) in [5.74, 6) is -0.240. The summed E-state index contributed by atoms with van der Waals surface area (Å²) in [6.07, 6.45) is 1.79. The maximum absolute atomic E-state index is 12.1. The van der Waals surface area contributed by atoms with Crippen LogP contribution in [0, 0.1) is 5.92 Å². The lowest BCUT2D eigenvalue weighted by molar-refractivity contribution is -0.116. The summed E-state index contributed by atoms with van der Waals surface area (Å²) in [4.78, 5) is 23.0. The Kier molecular flexibility index (Phi) is 7.37. The van der Waals surface area contributed by atoms with Crippen molar-refractivity contribution in [1.29, 1.82) is 0 Å². The normalized spacial score (nSPS) is 11.6. The number of hydrogen-bond donors (Lipinski definition) is 2. The predicted octanol–water partition coefficient (Wildman–Crippen LogP) is 1.89. The van der Waals surface area contributed by atoms with Crippen LogP contribution in [0.4, 0.5) is 11.4 Å². The molecule has 2 N–H and O–H groups in total. The molecule has 0 aromatic heterocycles. The minimum atomic E-state index is -3.44. The van der Waals surface area contributed by atoms with Crippen LogP contribution in [0.2, 0.25) is 0 Å². The Morgan fingerprint density at radius 1 is 1.08 bits per heavy atom. The summed E-state index contributed by atoms with van der Waals surface area (Å²) in [6, 6.07) is 6.60. The summed E-state index contributed by atoms with van der Waals surface area (Å²) in [5.41, 5.74) is 1.15. The fourth-order valence-electron chi connectivity index (χ4n) is 1.97. The van der Waals surface area contributed by atoms with E-state index in [0.29, 0.717) is 30.3 Å². The second kappa shape index (κ2) is 8.79. The van der Waals surface area contributed by atoms with Crippen molar-refractivity contribution in [2.45, 2.75) is 27.2 Å². The lowest BCUT2D eigenvalue weighted by Crippen LogP contribution is -2.38. The molecule has 1 rings (SSSR count). The van der Waals surface area contributed by atoms with Crippen molar-refractivity contribution in [3.63, 3.8) is 0 Å². The van der Waals surface area contributed by atoms with E-state index >= 15 is 0 Å². The number of anilines is 2. The SMILES string of the molecule is CC(=O)Nc1ccc(NC(=O)CN(CCC(C)C)S(C)(=O)=O)cc1. The Bertz CT molecular complexity index is 669. The number of carbonyl (C=O) groups is 2. The van der Waals surface area contributed by atoms with Gasteiger partial charge in [-0.05, 0) is 36.6 Å². The molecule has 0 saturated heterocycles. The van der Waals surface area contributed by atoms with Crippen LogP contribution in [0.5, 0.6) is 0 Å². The zero-order valence-corrected chi connectivity index (χ0v) is 15.3. The Morgan fingerprint density at radius 3 is 2.00 bits per heavy atom. The quantitative estimate of drug-likeness (QED) is 0.744. The molecule has 0 radical (unpaired) electrons. The molecule has 0 aliphatic carbocycles. The van der Waals surface area contributed by atoms with Crippen LogP contribution >= 0.6 is 0 Å². The van der Waals surface area contributed by atoms with Crippen LogP contribution in [0.3, 0.4) is 0 Å². The first kappa shape index (κ1) is 20.1. The molecule has 134 valence electrons. The Balaban J connectivity index is 2.66. The molecular weight excluding hydrogens is 330 g/mol. The van der Waals surface area contributed by atoms with Gasteiger partial charge in [0.05, 0.1) is 12.8 Å². The topological polar surface area (TPSA) is 95.6 Å². The highest BCUT2D eigenvalue weighted by molar-refractivity contribution is 7.88. The summed E-state index contributed by atoms with van der Waals surface area (Å²) < 4.78 is 24.7. The molecule has 0 atom stereocenters. The maximum Gasteiger partial charge on any atom is 0.239 e. The molecule has 0 bridgehead atoms. The molecule has 2 amide bonds. The lowest BCUT2D eigenvalue weighted by Gasteiger charge is -2.20. The van der Waals surface area contributed by atoms with Crippen molar-refractivity contribution < 1.29 is 18.0 Å². The molecule has 0 saturated carbocycles. The fraction of sp³-hybridized carbons (Fsp3) is 0.500. The highest BCUT2D eigenvalue weighted by atomic mass is 32.2. The first-order chi connectivity index (χ1) is 11.1. The predicted molar refractivity (Wildman–Crippen MR) is 95.2 cm³/mol. The van der Waals surface area contributed by atoms with Gasteiger partial charge in [0, 0.05) is 24.8 Å². The van der Waals surface area contributed by atoms with Crippen LogP contribution in [-0.2, 0) is 19.6 Å². The average molecular weight is 355 g/mol. The van der Waals surface area contributed by atoms with E-state index in [2.05, 4.69) is 10.6 Å². The summed E-state index contributed by atoms with van der Waals surface area (Å²) in [7, 11) is -3.44. The number of amides is 2. The number of benzene rings is 1. The minimum absolute atomic E-state index is 0.180. The lowest BCUT2D eigenvalue weighted by atomic mass is 10.1. The van der Waals surface area contributed by atoms with Crippen LogP contribution in [-0.4, -0.2) is 43.9 Å². The molecule has 0 spiro atoms. The van der Waals surface area contributed by atoms with E-state index in [-0.39, 0.29) is 12.5 Å². The van der Waals surface area contributed by atoms with E-state index in [0.717, 1.165) is 6.26 Å². The Labute approximate surface area is 143 Å². The maximum atomic E-state index is 12.1. The molecule has 0 aliphatic rings.